The van der Waals surface area contributed by atoms with Gasteiger partial charge >= 0.3 is 6.03 Å². The Bertz CT molecular complexity index is 1110. The molecule has 3 aromatic rings. The van der Waals surface area contributed by atoms with Crippen molar-refractivity contribution < 1.29 is 9.53 Å². The number of nitrogens with two attached hydrogens (primary N) is 1. The molecule has 3 aromatic carbocycles. The predicted octanol–water partition coefficient (Wildman–Crippen LogP) is 7.42. The number of nitrogens with zero attached hydrogens (tertiary/aromatic N) is 1. The second kappa shape index (κ2) is 11.3. The van der Waals surface area contributed by atoms with E-state index in [0.717, 1.165) is 28.1 Å². The van der Waals surface area contributed by atoms with Crippen LogP contribution in [0, 0.1) is 0 Å². The van der Waals surface area contributed by atoms with E-state index in [1.807, 2.05) is 50.2 Å². The highest BCUT2D eigenvalue weighted by Crippen LogP contribution is 2.35. The summed E-state index contributed by atoms with van der Waals surface area (Å²) in [6, 6.07) is 17.3. The first-order chi connectivity index (χ1) is 16.3. The Balaban J connectivity index is 2.05. The molecule has 0 bridgehead atoms. The van der Waals surface area contributed by atoms with Gasteiger partial charge in [0.15, 0.2) is 0 Å². The highest BCUT2D eigenvalue weighted by molar-refractivity contribution is 6.32. The summed E-state index contributed by atoms with van der Waals surface area (Å²) in [6.45, 7) is 8.68. The molecule has 0 aliphatic heterocycles. The van der Waals surface area contributed by atoms with Crippen molar-refractivity contribution >= 4 is 34.7 Å². The molecule has 0 aliphatic carbocycles. The number of para-hydroxylation sites is 1. The van der Waals surface area contributed by atoms with Crippen molar-refractivity contribution in [3.8, 4) is 5.75 Å². The lowest BCUT2D eigenvalue weighted by Crippen LogP contribution is -2.35. The maximum absolute atomic E-state index is 13.8. The van der Waals surface area contributed by atoms with Crippen LogP contribution in [0.5, 0.6) is 5.75 Å². The molecule has 6 heteroatoms. The van der Waals surface area contributed by atoms with Gasteiger partial charge in [0.05, 0.1) is 19.3 Å². The third-order valence-corrected chi connectivity index (χ3v) is 6.44. The zero-order valence-electron chi connectivity index (χ0n) is 20.6. The Morgan fingerprint density at radius 2 is 1.71 bits per heavy atom. The average Bonchev–Trinajstić information content (AvgIpc) is 2.83. The number of halogens is 1. The Kier molecular flexibility index (Phi) is 8.46. The lowest BCUT2D eigenvalue weighted by atomic mass is 10.0. The number of ether oxygens (including phenoxy) is 1. The molecule has 0 aromatic heterocycles. The number of anilines is 3. The normalized spacial score (nSPS) is 10.9. The molecular formula is C28H34ClN3O2. The monoisotopic (exact) mass is 479 g/mol. The maximum Gasteiger partial charge on any atom is 0.326 e. The van der Waals surface area contributed by atoms with Gasteiger partial charge in [-0.15, -0.1) is 0 Å². The fourth-order valence-electron chi connectivity index (χ4n) is 4.13. The van der Waals surface area contributed by atoms with Crippen LogP contribution in [-0.2, 0) is 19.4 Å². The fraction of sp³-hybridized carbons (Fsp3) is 0.321. The van der Waals surface area contributed by atoms with Crippen molar-refractivity contribution in [2.75, 3.05) is 23.1 Å². The maximum atomic E-state index is 13.8. The smallest absolute Gasteiger partial charge is 0.326 e. The molecule has 0 atom stereocenters. The molecule has 0 radical (unpaired) electrons. The van der Waals surface area contributed by atoms with Crippen LogP contribution in [0.2, 0.25) is 5.02 Å². The summed E-state index contributed by atoms with van der Waals surface area (Å²) in [5, 5.41) is 3.70. The van der Waals surface area contributed by atoms with Crippen molar-refractivity contribution in [3.05, 3.63) is 81.9 Å². The number of rotatable bonds is 8. The first-order valence-electron chi connectivity index (χ1n) is 11.7. The summed E-state index contributed by atoms with van der Waals surface area (Å²) in [7, 11) is 1.64. The minimum Gasteiger partial charge on any atom is -0.496 e. The SMILES string of the molecule is CCc1c(N)cc(Cl)c(CC)c1NC(=O)N(Cc1ccccc1OC)c1ccc(C(C)C)cc1. The quantitative estimate of drug-likeness (QED) is 0.330. The lowest BCUT2D eigenvalue weighted by molar-refractivity contribution is 0.256. The van der Waals surface area contributed by atoms with Gasteiger partial charge in [0.25, 0.3) is 0 Å². The first kappa shape index (κ1) is 25.4. The number of carbonyl (C=O) groups is 1. The Morgan fingerprint density at radius 3 is 2.29 bits per heavy atom. The first-order valence-corrected chi connectivity index (χ1v) is 12.1. The van der Waals surface area contributed by atoms with Gasteiger partial charge in [-0.3, -0.25) is 4.90 Å². The third kappa shape index (κ3) is 5.48. The number of urea groups is 1. The number of hydrogen-bond donors (Lipinski definition) is 2. The van der Waals surface area contributed by atoms with Gasteiger partial charge in [-0.05, 0) is 59.7 Å². The number of benzene rings is 3. The number of methoxy groups -OCH3 is 1. The van der Waals surface area contributed by atoms with Crippen molar-refractivity contribution in [3.63, 3.8) is 0 Å². The predicted molar refractivity (Wildman–Crippen MR) is 143 cm³/mol. The van der Waals surface area contributed by atoms with E-state index in [4.69, 9.17) is 22.1 Å². The van der Waals surface area contributed by atoms with Crippen molar-refractivity contribution in [1.29, 1.82) is 0 Å². The molecule has 0 saturated carbocycles. The second-order valence-corrected chi connectivity index (χ2v) is 8.97. The number of hydrogen-bond acceptors (Lipinski definition) is 3. The number of amides is 2. The molecule has 3 rings (SSSR count). The molecule has 0 spiro atoms. The van der Waals surface area contributed by atoms with E-state index >= 15 is 0 Å². The van der Waals surface area contributed by atoms with Crippen LogP contribution in [0.3, 0.4) is 0 Å². The summed E-state index contributed by atoms with van der Waals surface area (Å²) < 4.78 is 5.54. The van der Waals surface area contributed by atoms with E-state index in [9.17, 15) is 4.79 Å². The van der Waals surface area contributed by atoms with E-state index in [1.54, 1.807) is 18.1 Å². The summed E-state index contributed by atoms with van der Waals surface area (Å²) in [4.78, 5) is 15.5. The van der Waals surface area contributed by atoms with Crippen LogP contribution in [-0.4, -0.2) is 13.1 Å². The Morgan fingerprint density at radius 1 is 1.06 bits per heavy atom. The van der Waals surface area contributed by atoms with Crippen molar-refractivity contribution in [2.24, 2.45) is 0 Å². The van der Waals surface area contributed by atoms with Crippen LogP contribution in [0.25, 0.3) is 0 Å². The van der Waals surface area contributed by atoms with Gasteiger partial charge in [0.1, 0.15) is 5.75 Å². The van der Waals surface area contributed by atoms with Gasteiger partial charge in [-0.25, -0.2) is 4.79 Å². The minimum absolute atomic E-state index is 0.255. The van der Waals surface area contributed by atoms with E-state index in [1.165, 1.54) is 5.56 Å². The van der Waals surface area contributed by atoms with E-state index in [-0.39, 0.29) is 6.03 Å². The van der Waals surface area contributed by atoms with E-state index < -0.39 is 0 Å². The largest absolute Gasteiger partial charge is 0.496 e. The highest BCUT2D eigenvalue weighted by Gasteiger charge is 2.22. The average molecular weight is 480 g/mol. The summed E-state index contributed by atoms with van der Waals surface area (Å²) in [6.07, 6.45) is 1.36. The molecule has 0 fully saturated rings. The minimum atomic E-state index is -0.255. The summed E-state index contributed by atoms with van der Waals surface area (Å²) in [5.41, 5.74) is 12.2. The molecule has 0 unspecified atom stereocenters. The van der Waals surface area contributed by atoms with Gasteiger partial charge in [-0.2, -0.15) is 0 Å². The molecule has 180 valence electrons. The second-order valence-electron chi connectivity index (χ2n) is 8.56. The van der Waals surface area contributed by atoms with Gasteiger partial charge < -0.3 is 15.8 Å². The molecule has 0 aliphatic rings. The van der Waals surface area contributed by atoms with Gasteiger partial charge in [-0.1, -0.05) is 69.6 Å². The van der Waals surface area contributed by atoms with Gasteiger partial charge in [0.2, 0.25) is 0 Å². The zero-order chi connectivity index (χ0) is 24.8. The fourth-order valence-corrected chi connectivity index (χ4v) is 4.48. The van der Waals surface area contributed by atoms with Crippen LogP contribution in [0.4, 0.5) is 21.9 Å². The molecule has 34 heavy (non-hydrogen) atoms. The molecule has 3 N–H and O–H groups in total. The van der Waals surface area contributed by atoms with Crippen molar-refractivity contribution in [1.82, 2.24) is 0 Å². The lowest BCUT2D eigenvalue weighted by Gasteiger charge is -2.26. The Labute approximate surface area is 207 Å². The topological polar surface area (TPSA) is 67.6 Å². The molecule has 5 nitrogen and oxygen atoms in total. The zero-order valence-corrected chi connectivity index (χ0v) is 21.4. The van der Waals surface area contributed by atoms with Crippen LogP contribution >= 0.6 is 11.6 Å². The number of carbonyl (C=O) groups excluding carboxylic acids is 1. The highest BCUT2D eigenvalue weighted by atomic mass is 35.5. The molecule has 2 amide bonds. The standard InChI is InChI=1S/C28H34ClN3O2/c1-6-22-24(29)16-25(30)23(7-2)27(22)31-28(33)32(17-20-10-8-9-11-26(20)34-5)21-14-12-19(13-15-21)18(3)4/h8-16,18H,6-7,17,30H2,1-5H3,(H,31,33). The van der Waals surface area contributed by atoms with Gasteiger partial charge in [0, 0.05) is 22.0 Å². The van der Waals surface area contributed by atoms with Crippen LogP contribution < -0.4 is 20.7 Å². The van der Waals surface area contributed by atoms with Crippen LogP contribution in [0.15, 0.2) is 54.6 Å². The Hall–Kier alpha value is -3.18. The molecule has 0 saturated heterocycles. The molecule has 0 heterocycles. The van der Waals surface area contributed by atoms with E-state index in [0.29, 0.717) is 41.7 Å². The number of nitrogens with one attached hydrogen (secondary N) is 1. The third-order valence-electron chi connectivity index (χ3n) is 6.10. The summed E-state index contributed by atoms with van der Waals surface area (Å²) in [5.74, 6) is 1.13. The molecular weight excluding hydrogens is 446 g/mol. The van der Waals surface area contributed by atoms with E-state index in [2.05, 4.69) is 31.3 Å². The number of nitrogen functional groups attached to an aromatic ring is 1. The van der Waals surface area contributed by atoms with Crippen molar-refractivity contribution in [2.45, 2.75) is 53.0 Å². The summed E-state index contributed by atoms with van der Waals surface area (Å²) >= 11 is 6.50. The van der Waals surface area contributed by atoms with Crippen LogP contribution in [0.1, 0.15) is 55.9 Å².